The maximum absolute atomic E-state index is 12.8. The summed E-state index contributed by atoms with van der Waals surface area (Å²) in [4.78, 5) is 18.9. The van der Waals surface area contributed by atoms with Gasteiger partial charge in [-0.05, 0) is 32.1 Å². The van der Waals surface area contributed by atoms with Crippen LogP contribution in [0.25, 0.3) is 11.3 Å². The van der Waals surface area contributed by atoms with E-state index in [0.717, 1.165) is 24.9 Å². The highest BCUT2D eigenvalue weighted by atomic mass is 16.3. The topological polar surface area (TPSA) is 46.3 Å². The molecule has 2 aromatic rings. The molecule has 1 aromatic heterocycles. The monoisotopic (exact) mass is 282 g/mol. The smallest absolute Gasteiger partial charge is 0.276 e. The number of amides is 1. The molecule has 108 valence electrons. The minimum absolute atomic E-state index is 0.0199. The molecule has 1 aromatic carbocycles. The molecule has 0 radical (unpaired) electrons. The normalized spacial score (nSPS) is 23.8. The highest BCUT2D eigenvalue weighted by Crippen LogP contribution is 2.38. The summed E-state index contributed by atoms with van der Waals surface area (Å²) in [5, 5.41) is 0. The average molecular weight is 282 g/mol. The third-order valence-corrected chi connectivity index (χ3v) is 4.75. The number of carbonyl (C=O) groups is 1. The molecule has 1 amide bonds. The molecule has 4 rings (SSSR count). The fraction of sp³-hybridized carbons (Fsp3) is 0.412. The minimum Gasteiger partial charge on any atom is -0.443 e. The molecule has 1 saturated heterocycles. The summed E-state index contributed by atoms with van der Waals surface area (Å²) < 4.78 is 5.49. The van der Waals surface area contributed by atoms with Gasteiger partial charge in [0, 0.05) is 18.2 Å². The summed E-state index contributed by atoms with van der Waals surface area (Å²) in [5.41, 5.74) is 2.54. The van der Waals surface area contributed by atoms with Crippen LogP contribution in [0.3, 0.4) is 0 Å². The van der Waals surface area contributed by atoms with E-state index in [0.29, 0.717) is 23.4 Å². The van der Waals surface area contributed by atoms with Crippen LogP contribution in [0, 0.1) is 12.8 Å². The number of likely N-dealkylation sites (tertiary alicyclic amines) is 1. The molecule has 1 saturated carbocycles. The maximum atomic E-state index is 12.8. The summed E-state index contributed by atoms with van der Waals surface area (Å²) in [6, 6.07) is 8.39. The van der Waals surface area contributed by atoms with Crippen molar-refractivity contribution in [2.24, 2.45) is 5.92 Å². The maximum Gasteiger partial charge on any atom is 0.276 e. The van der Waals surface area contributed by atoms with Crippen molar-refractivity contribution in [3.05, 3.63) is 41.9 Å². The van der Waals surface area contributed by atoms with Crippen molar-refractivity contribution >= 4 is 5.91 Å². The molecular formula is C17H18N2O2. The molecule has 0 spiro atoms. The van der Waals surface area contributed by atoms with Crippen molar-refractivity contribution in [3.8, 4) is 11.3 Å². The first kappa shape index (κ1) is 12.6. The van der Waals surface area contributed by atoms with Crippen molar-refractivity contribution < 1.29 is 9.21 Å². The Balaban J connectivity index is 1.65. The Labute approximate surface area is 123 Å². The van der Waals surface area contributed by atoms with E-state index in [2.05, 4.69) is 4.98 Å². The van der Waals surface area contributed by atoms with Gasteiger partial charge >= 0.3 is 0 Å². The Morgan fingerprint density at radius 1 is 1.29 bits per heavy atom. The molecule has 2 bridgehead atoms. The van der Waals surface area contributed by atoms with Gasteiger partial charge in [-0.1, -0.05) is 29.8 Å². The van der Waals surface area contributed by atoms with Gasteiger partial charge < -0.3 is 9.32 Å². The number of rotatable bonds is 2. The summed E-state index contributed by atoms with van der Waals surface area (Å²) >= 11 is 0. The van der Waals surface area contributed by atoms with Crippen LogP contribution in [-0.4, -0.2) is 28.4 Å². The summed E-state index contributed by atoms with van der Waals surface area (Å²) in [7, 11) is 0. The second-order valence-corrected chi connectivity index (χ2v) is 6.19. The van der Waals surface area contributed by atoms with Crippen LogP contribution in [0.2, 0.25) is 0 Å². The van der Waals surface area contributed by atoms with Gasteiger partial charge in [0.2, 0.25) is 0 Å². The molecule has 1 aliphatic carbocycles. The van der Waals surface area contributed by atoms with Gasteiger partial charge in [-0.15, -0.1) is 0 Å². The Bertz CT molecular complexity index is 674. The zero-order valence-corrected chi connectivity index (χ0v) is 12.1. The molecule has 4 nitrogen and oxygen atoms in total. The third-order valence-electron chi connectivity index (χ3n) is 4.75. The Hall–Kier alpha value is -2.10. The highest BCUT2D eigenvalue weighted by Gasteiger charge is 2.41. The second kappa shape index (κ2) is 4.72. The number of aromatic nitrogens is 1. The van der Waals surface area contributed by atoms with Crippen LogP contribution < -0.4 is 0 Å². The van der Waals surface area contributed by atoms with E-state index in [-0.39, 0.29) is 5.91 Å². The zero-order valence-electron chi connectivity index (χ0n) is 12.1. The first-order valence-corrected chi connectivity index (χ1v) is 7.54. The number of carbonyl (C=O) groups excluding carboxylic acids is 1. The van der Waals surface area contributed by atoms with E-state index in [1.807, 2.05) is 36.1 Å². The van der Waals surface area contributed by atoms with Crippen molar-refractivity contribution in [1.82, 2.24) is 9.88 Å². The number of hydrogen-bond acceptors (Lipinski definition) is 3. The SMILES string of the molecule is Cc1ccc(-c2ocnc2C(=O)N2CC3CCC2C3)cc1. The van der Waals surface area contributed by atoms with E-state index in [1.165, 1.54) is 18.4 Å². The summed E-state index contributed by atoms with van der Waals surface area (Å²) in [6.45, 7) is 2.92. The minimum atomic E-state index is 0.0199. The van der Waals surface area contributed by atoms with Crippen LogP contribution in [0.1, 0.15) is 35.3 Å². The van der Waals surface area contributed by atoms with Crippen molar-refractivity contribution in [2.45, 2.75) is 32.2 Å². The summed E-state index contributed by atoms with van der Waals surface area (Å²) in [6.07, 6.45) is 4.92. The van der Waals surface area contributed by atoms with Gasteiger partial charge in [0.05, 0.1) is 0 Å². The molecule has 21 heavy (non-hydrogen) atoms. The second-order valence-electron chi connectivity index (χ2n) is 6.19. The Kier molecular flexibility index (Phi) is 2.84. The molecule has 2 unspecified atom stereocenters. The number of piperidine rings is 1. The van der Waals surface area contributed by atoms with E-state index in [4.69, 9.17) is 4.42 Å². The van der Waals surface area contributed by atoms with Gasteiger partial charge in [0.1, 0.15) is 0 Å². The van der Waals surface area contributed by atoms with Crippen molar-refractivity contribution in [1.29, 1.82) is 0 Å². The molecule has 0 N–H and O–H groups in total. The van der Waals surface area contributed by atoms with Crippen molar-refractivity contribution in [2.75, 3.05) is 6.54 Å². The third kappa shape index (κ3) is 2.06. The van der Waals surface area contributed by atoms with Crippen LogP contribution in [0.4, 0.5) is 0 Å². The van der Waals surface area contributed by atoms with E-state index in [1.54, 1.807) is 0 Å². The van der Waals surface area contributed by atoms with Gasteiger partial charge in [-0.25, -0.2) is 4.98 Å². The van der Waals surface area contributed by atoms with Gasteiger partial charge in [-0.2, -0.15) is 0 Å². The average Bonchev–Trinajstić information content (AvgIpc) is 3.23. The molecular weight excluding hydrogens is 264 g/mol. The molecule has 2 fully saturated rings. The van der Waals surface area contributed by atoms with Crippen LogP contribution in [-0.2, 0) is 0 Å². The molecule has 2 heterocycles. The first-order valence-electron chi connectivity index (χ1n) is 7.54. The van der Waals surface area contributed by atoms with Crippen LogP contribution >= 0.6 is 0 Å². The van der Waals surface area contributed by atoms with Gasteiger partial charge in [0.15, 0.2) is 17.8 Å². The fourth-order valence-corrected chi connectivity index (χ4v) is 3.62. The van der Waals surface area contributed by atoms with Crippen LogP contribution in [0.15, 0.2) is 35.1 Å². The number of benzene rings is 1. The fourth-order valence-electron chi connectivity index (χ4n) is 3.62. The molecule has 4 heteroatoms. The molecule has 2 aliphatic rings. The lowest BCUT2D eigenvalue weighted by Crippen LogP contribution is -2.38. The lowest BCUT2D eigenvalue weighted by Gasteiger charge is -2.26. The van der Waals surface area contributed by atoms with Gasteiger partial charge in [0.25, 0.3) is 5.91 Å². The predicted octanol–water partition coefficient (Wildman–Crippen LogP) is 3.27. The number of oxazole rings is 1. The number of aryl methyl sites for hydroxylation is 1. The largest absolute Gasteiger partial charge is 0.443 e. The molecule has 1 aliphatic heterocycles. The quantitative estimate of drug-likeness (QED) is 0.849. The van der Waals surface area contributed by atoms with Gasteiger partial charge in [-0.3, -0.25) is 4.79 Å². The standard InChI is InChI=1S/C17H18N2O2/c1-11-2-5-13(6-3-11)16-15(18-10-21-16)17(20)19-9-12-4-7-14(19)8-12/h2-3,5-6,10,12,14H,4,7-9H2,1H3. The molecule has 2 atom stereocenters. The zero-order chi connectivity index (χ0) is 14.4. The number of nitrogens with zero attached hydrogens (tertiary/aromatic N) is 2. The van der Waals surface area contributed by atoms with Crippen LogP contribution in [0.5, 0.6) is 0 Å². The lowest BCUT2D eigenvalue weighted by atomic mass is 10.1. The first-order chi connectivity index (χ1) is 10.2. The summed E-state index contributed by atoms with van der Waals surface area (Å²) in [5.74, 6) is 1.29. The highest BCUT2D eigenvalue weighted by molar-refractivity contribution is 5.98. The van der Waals surface area contributed by atoms with E-state index >= 15 is 0 Å². The number of hydrogen-bond donors (Lipinski definition) is 0. The van der Waals surface area contributed by atoms with E-state index in [9.17, 15) is 4.79 Å². The predicted molar refractivity (Wildman–Crippen MR) is 78.8 cm³/mol. The Morgan fingerprint density at radius 2 is 2.10 bits per heavy atom. The lowest BCUT2D eigenvalue weighted by molar-refractivity contribution is 0.0698. The Morgan fingerprint density at radius 3 is 2.76 bits per heavy atom. The van der Waals surface area contributed by atoms with E-state index < -0.39 is 0 Å². The number of fused-ring (bicyclic) bond motifs is 2. The van der Waals surface area contributed by atoms with Crippen molar-refractivity contribution in [3.63, 3.8) is 0 Å².